The highest BCUT2D eigenvalue weighted by Gasteiger charge is 2.24. The summed E-state index contributed by atoms with van der Waals surface area (Å²) in [7, 11) is -3.54. The molecule has 1 aromatic carbocycles. The van der Waals surface area contributed by atoms with Gasteiger partial charge in [0.05, 0.1) is 9.77 Å². The number of anilines is 1. The number of carboxylic acid groups (broad SMARTS) is 1. The number of benzene rings is 1. The van der Waals surface area contributed by atoms with Gasteiger partial charge in [0.15, 0.2) is 0 Å². The third-order valence-corrected chi connectivity index (χ3v) is 6.23. The molecule has 1 saturated carbocycles. The summed E-state index contributed by atoms with van der Waals surface area (Å²) in [5, 5.41) is 11.5. The molecule has 0 atom stereocenters. The van der Waals surface area contributed by atoms with Crippen LogP contribution in [0.1, 0.15) is 32.2 Å². The molecule has 132 valence electrons. The van der Waals surface area contributed by atoms with Crippen LogP contribution in [0.2, 0.25) is 0 Å². The van der Waals surface area contributed by atoms with Gasteiger partial charge in [-0.05, 0) is 55.2 Å². The van der Waals surface area contributed by atoms with Gasteiger partial charge in [-0.25, -0.2) is 17.9 Å². The molecule has 0 saturated heterocycles. The molecule has 1 amide bonds. The van der Waals surface area contributed by atoms with Crippen LogP contribution in [0.25, 0.3) is 0 Å². The molecule has 1 heterocycles. The van der Waals surface area contributed by atoms with E-state index >= 15 is 0 Å². The van der Waals surface area contributed by atoms with E-state index in [1.165, 1.54) is 36.4 Å². The lowest BCUT2D eigenvalue weighted by Gasteiger charge is -2.08. The maximum absolute atomic E-state index is 12.1. The Kier molecular flexibility index (Phi) is 4.89. The van der Waals surface area contributed by atoms with E-state index in [2.05, 4.69) is 10.0 Å². The summed E-state index contributed by atoms with van der Waals surface area (Å²) in [5.41, 5.74) is 0.427. The maximum atomic E-state index is 12.1. The molecule has 0 spiro atoms. The topological polar surface area (TPSA) is 113 Å². The minimum absolute atomic E-state index is 0.0772. The molecule has 3 rings (SSSR count). The minimum atomic E-state index is -3.54. The Balaban J connectivity index is 1.65. The molecule has 0 unspecified atom stereocenters. The molecule has 1 aliphatic carbocycles. The summed E-state index contributed by atoms with van der Waals surface area (Å²) >= 11 is 0.873. The number of carbonyl (C=O) groups is 2. The zero-order chi connectivity index (χ0) is 18.0. The highest BCUT2D eigenvalue weighted by molar-refractivity contribution is 7.89. The number of rotatable bonds is 7. The largest absolute Gasteiger partial charge is 0.477 e. The number of carboxylic acids is 1. The Morgan fingerprint density at radius 2 is 1.72 bits per heavy atom. The van der Waals surface area contributed by atoms with Crippen LogP contribution in [0, 0.1) is 5.92 Å². The first-order chi connectivity index (χ1) is 11.8. The fraction of sp³-hybridized carbons (Fsp3) is 0.250. The second kappa shape index (κ2) is 6.95. The SMILES string of the molecule is O=C(O)c1ccc(C(=O)Nc2ccc(S(=O)(=O)NCC3CC3)cc2)s1. The van der Waals surface area contributed by atoms with Gasteiger partial charge >= 0.3 is 5.97 Å². The number of nitrogens with one attached hydrogen (secondary N) is 2. The Bertz CT molecular complexity index is 899. The van der Waals surface area contributed by atoms with Crippen LogP contribution in [0.5, 0.6) is 0 Å². The number of aromatic carboxylic acids is 1. The molecule has 0 bridgehead atoms. The molecule has 1 fully saturated rings. The van der Waals surface area contributed by atoms with Crippen molar-refractivity contribution >= 4 is 38.9 Å². The van der Waals surface area contributed by atoms with E-state index in [0.29, 0.717) is 18.2 Å². The van der Waals surface area contributed by atoms with Crippen LogP contribution < -0.4 is 10.0 Å². The Hall–Kier alpha value is -2.23. The van der Waals surface area contributed by atoms with E-state index in [1.54, 1.807) is 0 Å². The number of carbonyl (C=O) groups excluding carboxylic acids is 1. The van der Waals surface area contributed by atoms with Gasteiger partial charge < -0.3 is 10.4 Å². The number of sulfonamides is 1. The summed E-state index contributed by atoms with van der Waals surface area (Å²) < 4.78 is 26.8. The Morgan fingerprint density at radius 1 is 1.08 bits per heavy atom. The minimum Gasteiger partial charge on any atom is -0.477 e. The van der Waals surface area contributed by atoms with Crippen molar-refractivity contribution in [2.24, 2.45) is 5.92 Å². The van der Waals surface area contributed by atoms with Crippen LogP contribution >= 0.6 is 11.3 Å². The lowest BCUT2D eigenvalue weighted by atomic mass is 10.3. The summed E-state index contributed by atoms with van der Waals surface area (Å²) in [6, 6.07) is 8.63. The zero-order valence-corrected chi connectivity index (χ0v) is 14.7. The highest BCUT2D eigenvalue weighted by Crippen LogP contribution is 2.28. The number of hydrogen-bond donors (Lipinski definition) is 3. The van der Waals surface area contributed by atoms with Crippen molar-refractivity contribution in [2.45, 2.75) is 17.7 Å². The van der Waals surface area contributed by atoms with Crippen LogP contribution in [0.4, 0.5) is 5.69 Å². The lowest BCUT2D eigenvalue weighted by Crippen LogP contribution is -2.25. The van der Waals surface area contributed by atoms with Crippen molar-refractivity contribution in [3.63, 3.8) is 0 Å². The first-order valence-corrected chi connectivity index (χ1v) is 9.89. The normalized spacial score (nSPS) is 14.2. The lowest BCUT2D eigenvalue weighted by molar-refractivity contribution is 0.0702. The monoisotopic (exact) mass is 380 g/mol. The third-order valence-electron chi connectivity index (χ3n) is 3.72. The van der Waals surface area contributed by atoms with Crippen LogP contribution in [0.15, 0.2) is 41.3 Å². The smallest absolute Gasteiger partial charge is 0.345 e. The van der Waals surface area contributed by atoms with E-state index < -0.39 is 21.9 Å². The Labute approximate surface area is 148 Å². The molecule has 25 heavy (non-hydrogen) atoms. The van der Waals surface area contributed by atoms with Crippen LogP contribution in [-0.2, 0) is 10.0 Å². The van der Waals surface area contributed by atoms with Crippen LogP contribution in [0.3, 0.4) is 0 Å². The summed E-state index contributed by atoms with van der Waals surface area (Å²) in [6.07, 6.45) is 2.11. The molecule has 1 aliphatic rings. The van der Waals surface area contributed by atoms with Crippen molar-refractivity contribution < 1.29 is 23.1 Å². The van der Waals surface area contributed by atoms with Gasteiger partial charge in [-0.3, -0.25) is 4.79 Å². The van der Waals surface area contributed by atoms with Crippen molar-refractivity contribution in [3.8, 4) is 0 Å². The summed E-state index contributed by atoms with van der Waals surface area (Å²) in [6.45, 7) is 0.450. The van der Waals surface area contributed by atoms with Gasteiger partial charge in [-0.1, -0.05) is 0 Å². The molecule has 2 aromatic rings. The molecule has 0 aliphatic heterocycles. The molecular formula is C16H16N2O5S2. The first kappa shape index (κ1) is 17.6. The summed E-state index contributed by atoms with van der Waals surface area (Å²) in [4.78, 5) is 23.4. The summed E-state index contributed by atoms with van der Waals surface area (Å²) in [5.74, 6) is -1.09. The highest BCUT2D eigenvalue weighted by atomic mass is 32.2. The fourth-order valence-electron chi connectivity index (χ4n) is 2.12. The fourth-order valence-corrected chi connectivity index (χ4v) is 3.97. The van der Waals surface area contributed by atoms with Crippen molar-refractivity contribution in [1.29, 1.82) is 0 Å². The average Bonchev–Trinajstić information content (AvgIpc) is 3.27. The number of amides is 1. The molecule has 7 nitrogen and oxygen atoms in total. The zero-order valence-electron chi connectivity index (χ0n) is 13.1. The third kappa shape index (κ3) is 4.44. The molecule has 0 radical (unpaired) electrons. The average molecular weight is 380 g/mol. The van der Waals surface area contributed by atoms with Gasteiger partial charge in [0.2, 0.25) is 10.0 Å². The van der Waals surface area contributed by atoms with E-state index in [-0.39, 0.29) is 14.6 Å². The molecule has 1 aromatic heterocycles. The van der Waals surface area contributed by atoms with E-state index in [1.807, 2.05) is 0 Å². The van der Waals surface area contributed by atoms with E-state index in [4.69, 9.17) is 5.11 Å². The standard InChI is InChI=1S/C16H16N2O5S2/c19-15(13-7-8-14(24-13)16(20)21)18-11-3-5-12(6-4-11)25(22,23)17-9-10-1-2-10/h3-8,10,17H,1-2,9H2,(H,18,19)(H,20,21). The Morgan fingerprint density at radius 3 is 2.28 bits per heavy atom. The van der Waals surface area contributed by atoms with Gasteiger partial charge in [-0.2, -0.15) is 0 Å². The second-order valence-corrected chi connectivity index (χ2v) is 8.59. The van der Waals surface area contributed by atoms with E-state index in [9.17, 15) is 18.0 Å². The number of hydrogen-bond acceptors (Lipinski definition) is 5. The van der Waals surface area contributed by atoms with Crippen molar-refractivity contribution in [2.75, 3.05) is 11.9 Å². The van der Waals surface area contributed by atoms with Crippen LogP contribution in [-0.4, -0.2) is 31.9 Å². The predicted octanol–water partition coefficient (Wildman–Crippen LogP) is 2.39. The molecule has 9 heteroatoms. The quantitative estimate of drug-likeness (QED) is 0.683. The van der Waals surface area contributed by atoms with Gasteiger partial charge in [0.1, 0.15) is 4.88 Å². The number of thiophene rings is 1. The van der Waals surface area contributed by atoms with E-state index in [0.717, 1.165) is 24.2 Å². The van der Waals surface area contributed by atoms with Gasteiger partial charge in [-0.15, -0.1) is 11.3 Å². The predicted molar refractivity (Wildman–Crippen MR) is 93.6 cm³/mol. The van der Waals surface area contributed by atoms with Crippen molar-refractivity contribution in [3.05, 3.63) is 46.2 Å². The van der Waals surface area contributed by atoms with Gasteiger partial charge in [0.25, 0.3) is 5.91 Å². The van der Waals surface area contributed by atoms with Crippen molar-refractivity contribution in [1.82, 2.24) is 4.72 Å². The molecule has 3 N–H and O–H groups in total. The first-order valence-electron chi connectivity index (χ1n) is 7.59. The molecular weight excluding hydrogens is 364 g/mol. The van der Waals surface area contributed by atoms with Gasteiger partial charge in [0, 0.05) is 12.2 Å². The maximum Gasteiger partial charge on any atom is 0.345 e. The second-order valence-electron chi connectivity index (χ2n) is 5.74.